The molecule has 0 aliphatic heterocycles. The van der Waals surface area contributed by atoms with Crippen LogP contribution >= 0.6 is 27.5 Å². The summed E-state index contributed by atoms with van der Waals surface area (Å²) in [6.07, 6.45) is 0.583. The van der Waals surface area contributed by atoms with Gasteiger partial charge in [0.25, 0.3) is 0 Å². The van der Waals surface area contributed by atoms with Crippen LogP contribution in [-0.4, -0.2) is 14.9 Å². The lowest BCUT2D eigenvalue weighted by Crippen LogP contribution is -2.04. The number of aliphatic hydroxyl groups excluding tert-OH is 1. The Labute approximate surface area is 117 Å². The summed E-state index contributed by atoms with van der Waals surface area (Å²) in [7, 11) is 1.74. The van der Waals surface area contributed by atoms with E-state index in [1.165, 1.54) is 6.07 Å². The molecule has 2 rings (SSSR count). The van der Waals surface area contributed by atoms with Gasteiger partial charge in [-0.05, 0) is 28.9 Å². The molecular weight excluding hydrogens is 322 g/mol. The minimum Gasteiger partial charge on any atom is -0.383 e. The van der Waals surface area contributed by atoms with Gasteiger partial charge < -0.3 is 5.11 Å². The Bertz CT molecular complexity index is 600. The first-order valence-corrected chi connectivity index (χ1v) is 6.40. The van der Waals surface area contributed by atoms with E-state index in [1.54, 1.807) is 30.9 Å². The normalized spacial score (nSPS) is 12.8. The van der Waals surface area contributed by atoms with Gasteiger partial charge >= 0.3 is 0 Å². The molecule has 1 heterocycles. The van der Waals surface area contributed by atoms with Crippen LogP contribution in [0.25, 0.3) is 0 Å². The molecule has 1 N–H and O–H groups in total. The van der Waals surface area contributed by atoms with E-state index in [4.69, 9.17) is 11.6 Å². The van der Waals surface area contributed by atoms with Crippen molar-refractivity contribution in [2.75, 3.05) is 0 Å². The van der Waals surface area contributed by atoms with E-state index in [0.29, 0.717) is 15.7 Å². The molecule has 2 aromatic rings. The molecule has 0 aliphatic rings. The van der Waals surface area contributed by atoms with Gasteiger partial charge in [0.1, 0.15) is 11.9 Å². The molecule has 1 aromatic carbocycles. The van der Waals surface area contributed by atoms with Crippen LogP contribution in [0, 0.1) is 12.7 Å². The van der Waals surface area contributed by atoms with Crippen molar-refractivity contribution < 1.29 is 9.50 Å². The summed E-state index contributed by atoms with van der Waals surface area (Å²) in [6, 6.07) is 3.11. The molecular formula is C12H11BrClFN2O. The fourth-order valence-electron chi connectivity index (χ4n) is 1.81. The maximum Gasteiger partial charge on any atom is 0.149 e. The van der Waals surface area contributed by atoms with Crippen LogP contribution in [0.5, 0.6) is 0 Å². The van der Waals surface area contributed by atoms with Gasteiger partial charge in [0.2, 0.25) is 0 Å². The molecule has 0 amide bonds. The Hall–Kier alpha value is -0.910. The fraction of sp³-hybridized carbons (Fsp3) is 0.250. The Morgan fingerprint density at radius 2 is 2.11 bits per heavy atom. The van der Waals surface area contributed by atoms with Gasteiger partial charge in [0.15, 0.2) is 0 Å². The minimum atomic E-state index is -1.08. The van der Waals surface area contributed by atoms with Gasteiger partial charge in [0, 0.05) is 28.8 Å². The lowest BCUT2D eigenvalue weighted by atomic mass is 10.0. The number of benzene rings is 1. The number of hydrogen-bond donors (Lipinski definition) is 1. The SMILES string of the molecule is Cc1nn(C)cc1C(O)c1ccc(Br)c(Cl)c1F. The third kappa shape index (κ3) is 2.30. The zero-order valence-corrected chi connectivity index (χ0v) is 12.1. The summed E-state index contributed by atoms with van der Waals surface area (Å²) in [4.78, 5) is 0. The fourth-order valence-corrected chi connectivity index (χ4v) is 2.28. The number of hydrogen-bond acceptors (Lipinski definition) is 2. The number of aromatic nitrogens is 2. The van der Waals surface area contributed by atoms with Gasteiger partial charge in [-0.15, -0.1) is 0 Å². The molecule has 0 fully saturated rings. The van der Waals surface area contributed by atoms with Gasteiger partial charge in [-0.3, -0.25) is 4.68 Å². The van der Waals surface area contributed by atoms with E-state index in [0.717, 1.165) is 0 Å². The van der Waals surface area contributed by atoms with E-state index in [1.807, 2.05) is 0 Å². The van der Waals surface area contributed by atoms with Crippen molar-refractivity contribution in [3.05, 3.63) is 50.5 Å². The standard InChI is InChI=1S/C12H11BrClFN2O/c1-6-8(5-17(2)16-6)12(18)7-3-4-9(13)10(14)11(7)15/h3-5,12,18H,1-2H3. The molecule has 1 aromatic heterocycles. The maximum absolute atomic E-state index is 14.0. The average Bonchev–Trinajstić information content (AvgIpc) is 2.65. The number of aryl methyl sites for hydroxylation is 2. The molecule has 18 heavy (non-hydrogen) atoms. The predicted molar refractivity (Wildman–Crippen MR) is 71.1 cm³/mol. The third-order valence-electron chi connectivity index (χ3n) is 2.71. The Kier molecular flexibility index (Phi) is 3.75. The highest BCUT2D eigenvalue weighted by Crippen LogP contribution is 2.33. The Morgan fingerprint density at radius 3 is 2.67 bits per heavy atom. The molecule has 0 saturated heterocycles. The second kappa shape index (κ2) is 4.99. The van der Waals surface area contributed by atoms with Crippen LogP contribution < -0.4 is 0 Å². The number of rotatable bonds is 2. The molecule has 0 saturated carbocycles. The van der Waals surface area contributed by atoms with Crippen LogP contribution in [0.4, 0.5) is 4.39 Å². The van der Waals surface area contributed by atoms with E-state index in [-0.39, 0.29) is 10.6 Å². The zero-order valence-electron chi connectivity index (χ0n) is 9.78. The zero-order chi connectivity index (χ0) is 13.4. The quantitative estimate of drug-likeness (QED) is 0.856. The summed E-state index contributed by atoms with van der Waals surface area (Å²) in [5.74, 6) is -0.623. The third-order valence-corrected chi connectivity index (χ3v) is 3.96. The maximum atomic E-state index is 14.0. The lowest BCUT2D eigenvalue weighted by Gasteiger charge is -2.12. The monoisotopic (exact) mass is 332 g/mol. The summed E-state index contributed by atoms with van der Waals surface area (Å²) in [5, 5.41) is 14.3. The van der Waals surface area contributed by atoms with Crippen molar-refractivity contribution in [1.82, 2.24) is 9.78 Å². The number of halogens is 3. The van der Waals surface area contributed by atoms with Crippen LogP contribution in [0.3, 0.4) is 0 Å². The summed E-state index contributed by atoms with van der Waals surface area (Å²) < 4.78 is 16.0. The summed E-state index contributed by atoms with van der Waals surface area (Å²) in [6.45, 7) is 1.76. The Balaban J connectivity index is 2.49. The Morgan fingerprint density at radius 1 is 1.44 bits per heavy atom. The smallest absolute Gasteiger partial charge is 0.149 e. The van der Waals surface area contributed by atoms with Gasteiger partial charge in [0.05, 0.1) is 10.7 Å². The van der Waals surface area contributed by atoms with Crippen molar-refractivity contribution in [2.45, 2.75) is 13.0 Å². The van der Waals surface area contributed by atoms with Gasteiger partial charge in [-0.2, -0.15) is 5.10 Å². The molecule has 96 valence electrons. The predicted octanol–water partition coefficient (Wildman–Crippen LogP) is 3.37. The number of aliphatic hydroxyl groups is 1. The van der Waals surface area contributed by atoms with Gasteiger partial charge in [-0.1, -0.05) is 17.7 Å². The van der Waals surface area contributed by atoms with Crippen molar-refractivity contribution >= 4 is 27.5 Å². The van der Waals surface area contributed by atoms with Crippen LogP contribution in [0.2, 0.25) is 5.02 Å². The van der Waals surface area contributed by atoms with Crippen molar-refractivity contribution in [3.63, 3.8) is 0 Å². The molecule has 0 aliphatic carbocycles. The molecule has 0 bridgehead atoms. The van der Waals surface area contributed by atoms with E-state index >= 15 is 0 Å². The molecule has 3 nitrogen and oxygen atoms in total. The summed E-state index contributed by atoms with van der Waals surface area (Å²) >= 11 is 8.94. The van der Waals surface area contributed by atoms with E-state index in [2.05, 4.69) is 21.0 Å². The van der Waals surface area contributed by atoms with Crippen LogP contribution in [-0.2, 0) is 7.05 Å². The van der Waals surface area contributed by atoms with Crippen molar-refractivity contribution in [2.24, 2.45) is 7.05 Å². The highest BCUT2D eigenvalue weighted by Gasteiger charge is 2.21. The van der Waals surface area contributed by atoms with E-state index in [9.17, 15) is 9.50 Å². The second-order valence-electron chi connectivity index (χ2n) is 4.01. The first-order valence-electron chi connectivity index (χ1n) is 5.23. The van der Waals surface area contributed by atoms with Crippen LogP contribution in [0.1, 0.15) is 22.9 Å². The lowest BCUT2D eigenvalue weighted by molar-refractivity contribution is 0.214. The largest absolute Gasteiger partial charge is 0.383 e. The number of nitrogens with zero attached hydrogens (tertiary/aromatic N) is 2. The molecule has 0 spiro atoms. The highest BCUT2D eigenvalue weighted by atomic mass is 79.9. The summed E-state index contributed by atoms with van der Waals surface area (Å²) in [5.41, 5.74) is 1.36. The second-order valence-corrected chi connectivity index (χ2v) is 5.24. The average molecular weight is 334 g/mol. The van der Waals surface area contributed by atoms with E-state index < -0.39 is 11.9 Å². The van der Waals surface area contributed by atoms with Crippen molar-refractivity contribution in [1.29, 1.82) is 0 Å². The topological polar surface area (TPSA) is 38.0 Å². The minimum absolute atomic E-state index is 0.0342. The first-order chi connectivity index (χ1) is 8.41. The van der Waals surface area contributed by atoms with Crippen LogP contribution in [0.15, 0.2) is 22.8 Å². The molecule has 1 atom stereocenters. The van der Waals surface area contributed by atoms with Gasteiger partial charge in [-0.25, -0.2) is 4.39 Å². The molecule has 1 unspecified atom stereocenters. The molecule has 0 radical (unpaired) electrons. The first kappa shape index (κ1) is 13.5. The highest BCUT2D eigenvalue weighted by molar-refractivity contribution is 9.10. The van der Waals surface area contributed by atoms with Crippen molar-refractivity contribution in [3.8, 4) is 0 Å². The molecule has 6 heteroatoms.